The second-order valence-electron chi connectivity index (χ2n) is 3.51. The molecule has 0 spiro atoms. The topological polar surface area (TPSA) is 37.8 Å². The zero-order valence-electron chi connectivity index (χ0n) is 9.25. The quantitative estimate of drug-likeness (QED) is 0.639. The Bertz CT molecular complexity index is 318. The zero-order chi connectivity index (χ0) is 11.3. The molecule has 84 valence electrons. The van der Waals surface area contributed by atoms with E-state index in [0.29, 0.717) is 11.1 Å². The van der Waals surface area contributed by atoms with Crippen LogP contribution in [0.15, 0.2) is 6.07 Å². The van der Waals surface area contributed by atoms with E-state index in [1.165, 1.54) is 0 Å². The Balaban J connectivity index is 2.71. The molecule has 0 fully saturated rings. The van der Waals surface area contributed by atoms with Crippen LogP contribution in [0.25, 0.3) is 0 Å². The smallest absolute Gasteiger partial charge is 0.135 e. The van der Waals surface area contributed by atoms with Gasteiger partial charge in [0.05, 0.1) is 0 Å². The molecule has 1 rings (SSSR count). The molecule has 3 nitrogen and oxygen atoms in total. The summed E-state index contributed by atoms with van der Waals surface area (Å²) in [5, 5.41) is 3.73. The normalized spacial score (nSPS) is 10.7. The first-order chi connectivity index (χ1) is 7.13. The summed E-state index contributed by atoms with van der Waals surface area (Å²) in [6.45, 7) is 5.00. The van der Waals surface area contributed by atoms with Gasteiger partial charge < -0.3 is 5.32 Å². The molecule has 0 aromatic carbocycles. The van der Waals surface area contributed by atoms with E-state index in [2.05, 4.69) is 35.4 Å². The molecule has 0 amide bonds. The molecule has 0 bridgehead atoms. The van der Waals surface area contributed by atoms with E-state index in [1.54, 1.807) is 17.8 Å². The Hall–Kier alpha value is -0.480. The van der Waals surface area contributed by atoms with Crippen LogP contribution in [0.3, 0.4) is 0 Å². The Morgan fingerprint density at radius 3 is 2.80 bits per heavy atom. The molecule has 1 aromatic rings. The van der Waals surface area contributed by atoms with E-state index in [9.17, 15) is 0 Å². The summed E-state index contributed by atoms with van der Waals surface area (Å²) in [6, 6.07) is 1.76. The highest BCUT2D eigenvalue weighted by molar-refractivity contribution is 7.98. The van der Waals surface area contributed by atoms with Gasteiger partial charge in [-0.1, -0.05) is 25.4 Å². The number of hydrogen-bond acceptors (Lipinski definition) is 4. The maximum atomic E-state index is 5.91. The van der Waals surface area contributed by atoms with Gasteiger partial charge in [-0.05, 0) is 6.26 Å². The molecular weight excluding hydrogens is 230 g/mol. The van der Waals surface area contributed by atoms with Crippen LogP contribution in [-0.4, -0.2) is 28.5 Å². The Kier molecular flexibility index (Phi) is 5.19. The summed E-state index contributed by atoms with van der Waals surface area (Å²) < 4.78 is 0. The van der Waals surface area contributed by atoms with Crippen molar-refractivity contribution in [3.8, 4) is 0 Å². The summed E-state index contributed by atoms with van der Waals surface area (Å²) in [6.07, 6.45) is 2.08. The number of rotatable bonds is 5. The predicted octanol–water partition coefficient (Wildman–Crippen LogP) is 3.03. The highest BCUT2D eigenvalue weighted by Gasteiger charge is 2.06. The van der Waals surface area contributed by atoms with Crippen LogP contribution in [-0.2, 0) is 0 Å². The monoisotopic (exact) mass is 245 g/mol. The van der Waals surface area contributed by atoms with Crippen molar-refractivity contribution in [3.63, 3.8) is 0 Å². The fourth-order valence-corrected chi connectivity index (χ4v) is 1.56. The minimum atomic E-state index is 0.296. The molecule has 1 N–H and O–H groups in total. The van der Waals surface area contributed by atoms with E-state index in [1.807, 2.05) is 0 Å². The van der Waals surface area contributed by atoms with Gasteiger partial charge in [-0.3, -0.25) is 0 Å². The van der Waals surface area contributed by atoms with E-state index >= 15 is 0 Å². The third-order valence-corrected chi connectivity index (χ3v) is 2.65. The molecule has 0 atom stereocenters. The third-order valence-electron chi connectivity index (χ3n) is 1.84. The van der Waals surface area contributed by atoms with Crippen molar-refractivity contribution < 1.29 is 0 Å². The van der Waals surface area contributed by atoms with Gasteiger partial charge in [0.15, 0.2) is 0 Å². The fraction of sp³-hybridized carbons (Fsp3) is 0.600. The van der Waals surface area contributed by atoms with Crippen molar-refractivity contribution >= 4 is 29.2 Å². The molecule has 0 unspecified atom stereocenters. The molecule has 0 saturated carbocycles. The van der Waals surface area contributed by atoms with Crippen LogP contribution in [0, 0.1) is 0 Å². The van der Waals surface area contributed by atoms with Crippen LogP contribution < -0.4 is 5.32 Å². The number of anilines is 1. The minimum absolute atomic E-state index is 0.296. The first-order valence-corrected chi connectivity index (χ1v) is 6.68. The number of nitrogens with zero attached hydrogens (tertiary/aromatic N) is 2. The summed E-state index contributed by atoms with van der Waals surface area (Å²) in [7, 11) is 0. The van der Waals surface area contributed by atoms with Crippen molar-refractivity contribution in [3.05, 3.63) is 17.0 Å². The van der Waals surface area contributed by atoms with Gasteiger partial charge in [-0.15, -0.1) is 0 Å². The Morgan fingerprint density at radius 2 is 2.20 bits per heavy atom. The second kappa shape index (κ2) is 6.18. The number of halogens is 1. The minimum Gasteiger partial charge on any atom is -0.369 e. The summed E-state index contributed by atoms with van der Waals surface area (Å²) in [5.41, 5.74) is 0. The van der Waals surface area contributed by atoms with Crippen LogP contribution in [0.1, 0.15) is 25.6 Å². The maximum absolute atomic E-state index is 5.91. The van der Waals surface area contributed by atoms with Gasteiger partial charge in [0.25, 0.3) is 0 Å². The fourth-order valence-electron chi connectivity index (χ4n) is 1.07. The van der Waals surface area contributed by atoms with Crippen LogP contribution in [0.2, 0.25) is 5.15 Å². The zero-order valence-corrected chi connectivity index (χ0v) is 10.8. The number of hydrogen-bond donors (Lipinski definition) is 1. The van der Waals surface area contributed by atoms with Gasteiger partial charge in [0, 0.05) is 24.3 Å². The van der Waals surface area contributed by atoms with E-state index in [4.69, 9.17) is 11.6 Å². The van der Waals surface area contributed by atoms with E-state index in [0.717, 1.165) is 23.9 Å². The Labute approximate surface area is 100 Å². The lowest BCUT2D eigenvalue weighted by Gasteiger charge is -2.08. The first kappa shape index (κ1) is 12.6. The lowest BCUT2D eigenvalue weighted by atomic mass is 10.2. The Morgan fingerprint density at radius 1 is 1.47 bits per heavy atom. The number of thioether (sulfide) groups is 1. The van der Waals surface area contributed by atoms with Crippen LogP contribution >= 0.6 is 23.4 Å². The lowest BCUT2D eigenvalue weighted by molar-refractivity contribution is 0.775. The van der Waals surface area contributed by atoms with Crippen LogP contribution in [0.5, 0.6) is 0 Å². The van der Waals surface area contributed by atoms with Crippen molar-refractivity contribution in [2.24, 2.45) is 0 Å². The summed E-state index contributed by atoms with van der Waals surface area (Å²) >= 11 is 7.71. The molecule has 0 saturated heterocycles. The first-order valence-electron chi connectivity index (χ1n) is 4.90. The molecule has 0 aliphatic carbocycles. The van der Waals surface area contributed by atoms with Gasteiger partial charge >= 0.3 is 0 Å². The largest absolute Gasteiger partial charge is 0.369 e. The molecule has 1 heterocycles. The average molecular weight is 246 g/mol. The molecule has 15 heavy (non-hydrogen) atoms. The van der Waals surface area contributed by atoms with E-state index in [-0.39, 0.29) is 0 Å². The molecule has 0 aliphatic heterocycles. The van der Waals surface area contributed by atoms with Crippen molar-refractivity contribution in [2.45, 2.75) is 19.8 Å². The molecule has 5 heteroatoms. The van der Waals surface area contributed by atoms with Crippen molar-refractivity contribution in [2.75, 3.05) is 23.9 Å². The van der Waals surface area contributed by atoms with E-state index < -0.39 is 0 Å². The molecule has 0 aliphatic rings. The van der Waals surface area contributed by atoms with Gasteiger partial charge in [-0.25, -0.2) is 9.97 Å². The summed E-state index contributed by atoms with van der Waals surface area (Å²) in [5.74, 6) is 2.95. The van der Waals surface area contributed by atoms with Gasteiger partial charge in [-0.2, -0.15) is 11.8 Å². The highest BCUT2D eigenvalue weighted by Crippen LogP contribution is 2.16. The SMILES string of the molecule is CSCCNc1cc(Cl)nc(C(C)C)n1. The van der Waals surface area contributed by atoms with Crippen molar-refractivity contribution in [1.82, 2.24) is 9.97 Å². The maximum Gasteiger partial charge on any atom is 0.135 e. The van der Waals surface area contributed by atoms with Gasteiger partial charge in [0.1, 0.15) is 16.8 Å². The van der Waals surface area contributed by atoms with Crippen LogP contribution in [0.4, 0.5) is 5.82 Å². The number of aromatic nitrogens is 2. The second-order valence-corrected chi connectivity index (χ2v) is 4.88. The predicted molar refractivity (Wildman–Crippen MR) is 68.0 cm³/mol. The average Bonchev–Trinajstić information content (AvgIpc) is 2.17. The van der Waals surface area contributed by atoms with Gasteiger partial charge in [0.2, 0.25) is 0 Å². The molecule has 1 aromatic heterocycles. The lowest BCUT2D eigenvalue weighted by Crippen LogP contribution is -2.08. The molecule has 0 radical (unpaired) electrons. The van der Waals surface area contributed by atoms with Crippen molar-refractivity contribution in [1.29, 1.82) is 0 Å². The standard InChI is InChI=1S/C10H16ClN3S/c1-7(2)10-13-8(11)6-9(14-10)12-4-5-15-3/h6-7H,4-5H2,1-3H3,(H,12,13,14). The highest BCUT2D eigenvalue weighted by atomic mass is 35.5. The summed E-state index contributed by atoms with van der Waals surface area (Å²) in [4.78, 5) is 8.56. The molecular formula is C10H16ClN3S. The number of nitrogens with one attached hydrogen (secondary N) is 1. The third kappa shape index (κ3) is 4.26.